The highest BCUT2D eigenvalue weighted by Gasteiger charge is 2.34. The summed E-state index contributed by atoms with van der Waals surface area (Å²) in [6, 6.07) is 21.4. The molecule has 3 aromatic carbocycles. The lowest BCUT2D eigenvalue weighted by molar-refractivity contribution is -0.136. The molecule has 250 valence electrons. The summed E-state index contributed by atoms with van der Waals surface area (Å²) in [4.78, 5) is 44.3. The van der Waals surface area contributed by atoms with Gasteiger partial charge in [-0.05, 0) is 80.9 Å². The fourth-order valence-electron chi connectivity index (χ4n) is 5.64. The van der Waals surface area contributed by atoms with Crippen molar-refractivity contribution in [2.24, 2.45) is 4.99 Å². The van der Waals surface area contributed by atoms with Crippen LogP contribution in [-0.4, -0.2) is 46.6 Å². The van der Waals surface area contributed by atoms with Gasteiger partial charge in [0.25, 0.3) is 5.56 Å². The van der Waals surface area contributed by atoms with Crippen molar-refractivity contribution >= 4 is 29.4 Å². The molecule has 0 aliphatic carbocycles. The summed E-state index contributed by atoms with van der Waals surface area (Å²) in [6.45, 7) is 6.93. The van der Waals surface area contributed by atoms with Gasteiger partial charge in [0.05, 0.1) is 47.9 Å². The van der Waals surface area contributed by atoms with Crippen molar-refractivity contribution in [3.05, 3.63) is 121 Å². The largest absolute Gasteiger partial charge is 0.493 e. The summed E-state index contributed by atoms with van der Waals surface area (Å²) in [5.41, 5.74) is 3.86. The summed E-state index contributed by atoms with van der Waals surface area (Å²) < 4.78 is 25.4. The Morgan fingerprint density at radius 3 is 2.37 bits per heavy atom. The number of aromatic nitrogens is 3. The second-order valence-electron chi connectivity index (χ2n) is 11.5. The standard InChI is InChI=1S/C37H34N4O7S/c1-21(2)47-28-15-12-24(13-16-28)33-26(20-40(39-33)27-10-8-7-9-11-27)19-31-35(43)41-34(32(36(44)46-6)22(3)38-37(41)49-31)25-14-17-29(48-23(4)42)30(18-25)45-5/h7-21,34H,1-6H3/b31-19-. The molecule has 0 saturated carbocycles. The van der Waals surface area contributed by atoms with Crippen LogP contribution >= 0.6 is 11.3 Å². The van der Waals surface area contributed by atoms with Crippen LogP contribution in [0.25, 0.3) is 23.0 Å². The highest BCUT2D eigenvalue weighted by atomic mass is 32.1. The summed E-state index contributed by atoms with van der Waals surface area (Å²) >= 11 is 1.20. The monoisotopic (exact) mass is 678 g/mol. The van der Waals surface area contributed by atoms with Crippen molar-refractivity contribution in [2.75, 3.05) is 14.2 Å². The Kier molecular flexibility index (Phi) is 9.32. The average molecular weight is 679 g/mol. The van der Waals surface area contributed by atoms with E-state index < -0.39 is 18.0 Å². The third kappa shape index (κ3) is 6.68. The van der Waals surface area contributed by atoms with Gasteiger partial charge < -0.3 is 18.9 Å². The van der Waals surface area contributed by atoms with Crippen molar-refractivity contribution in [3.63, 3.8) is 0 Å². The summed E-state index contributed by atoms with van der Waals surface area (Å²) in [5, 5.41) is 4.92. The molecule has 11 nitrogen and oxygen atoms in total. The zero-order valence-corrected chi connectivity index (χ0v) is 28.6. The third-order valence-electron chi connectivity index (χ3n) is 7.73. The molecule has 0 saturated heterocycles. The molecule has 1 aliphatic heterocycles. The van der Waals surface area contributed by atoms with Crippen LogP contribution in [0.1, 0.15) is 44.9 Å². The number of methoxy groups -OCH3 is 2. The lowest BCUT2D eigenvalue weighted by atomic mass is 9.95. The first-order valence-corrected chi connectivity index (χ1v) is 16.3. The summed E-state index contributed by atoms with van der Waals surface area (Å²) in [5.74, 6) is 0.0693. The van der Waals surface area contributed by atoms with E-state index >= 15 is 0 Å². The molecule has 1 unspecified atom stereocenters. The first-order valence-electron chi connectivity index (χ1n) is 15.5. The number of carbonyl (C=O) groups excluding carboxylic acids is 2. The number of nitrogens with zero attached hydrogens (tertiary/aromatic N) is 4. The van der Waals surface area contributed by atoms with E-state index in [9.17, 15) is 14.4 Å². The SMILES string of the molecule is COC(=O)C1=C(C)N=c2s/c(=C\c3cn(-c4ccccc4)nc3-c3ccc(OC(C)C)cc3)c(=O)n2C1c1ccc(OC(C)=O)c(OC)c1. The number of carbonyl (C=O) groups is 2. The van der Waals surface area contributed by atoms with Crippen molar-refractivity contribution < 1.29 is 28.5 Å². The Morgan fingerprint density at radius 2 is 1.71 bits per heavy atom. The van der Waals surface area contributed by atoms with E-state index in [1.54, 1.807) is 35.9 Å². The molecule has 5 aromatic rings. The predicted octanol–water partition coefficient (Wildman–Crippen LogP) is 4.98. The van der Waals surface area contributed by atoms with E-state index in [4.69, 9.17) is 24.0 Å². The minimum atomic E-state index is -0.897. The molecule has 1 atom stereocenters. The van der Waals surface area contributed by atoms with Crippen LogP contribution in [-0.2, 0) is 14.3 Å². The van der Waals surface area contributed by atoms with Gasteiger partial charge in [0.15, 0.2) is 16.3 Å². The number of hydrogen-bond acceptors (Lipinski definition) is 10. The Labute approximate surface area is 286 Å². The lowest BCUT2D eigenvalue weighted by Gasteiger charge is -2.25. The fraction of sp³-hybridized carbons (Fsp3) is 0.216. The molecular weight excluding hydrogens is 644 g/mol. The van der Waals surface area contributed by atoms with Crippen molar-refractivity contribution in [3.8, 4) is 34.2 Å². The molecule has 0 N–H and O–H groups in total. The number of esters is 2. The number of rotatable bonds is 9. The Bertz CT molecular complexity index is 2270. The van der Waals surface area contributed by atoms with Crippen LogP contribution in [0.15, 0.2) is 100 Å². The molecular formula is C37H34N4O7S. The quantitative estimate of drug-likeness (QED) is 0.158. The van der Waals surface area contributed by atoms with E-state index in [1.807, 2.05) is 74.6 Å². The van der Waals surface area contributed by atoms with Crippen LogP contribution in [0.3, 0.4) is 0 Å². The lowest BCUT2D eigenvalue weighted by Crippen LogP contribution is -2.39. The Morgan fingerprint density at radius 1 is 0.980 bits per heavy atom. The molecule has 3 heterocycles. The highest BCUT2D eigenvalue weighted by Crippen LogP contribution is 2.36. The van der Waals surface area contributed by atoms with Crippen LogP contribution in [0, 0.1) is 0 Å². The van der Waals surface area contributed by atoms with Gasteiger partial charge in [0.2, 0.25) is 0 Å². The molecule has 0 fully saturated rings. The maximum Gasteiger partial charge on any atom is 0.338 e. The van der Waals surface area contributed by atoms with E-state index in [-0.39, 0.29) is 28.7 Å². The maximum absolute atomic E-state index is 14.4. The molecule has 2 aromatic heterocycles. The molecule has 6 rings (SSSR count). The van der Waals surface area contributed by atoms with Gasteiger partial charge in [-0.3, -0.25) is 14.2 Å². The predicted molar refractivity (Wildman–Crippen MR) is 185 cm³/mol. The van der Waals surface area contributed by atoms with Crippen molar-refractivity contribution in [2.45, 2.75) is 39.8 Å². The molecule has 0 spiro atoms. The van der Waals surface area contributed by atoms with Gasteiger partial charge in [-0.15, -0.1) is 0 Å². The van der Waals surface area contributed by atoms with Gasteiger partial charge in [-0.25, -0.2) is 14.5 Å². The second-order valence-corrected chi connectivity index (χ2v) is 12.5. The average Bonchev–Trinajstić information content (AvgIpc) is 3.64. The number of thiazole rings is 1. The molecule has 1 aliphatic rings. The molecule has 0 bridgehead atoms. The minimum absolute atomic E-state index is 0.0323. The van der Waals surface area contributed by atoms with E-state index in [2.05, 4.69) is 4.99 Å². The third-order valence-corrected chi connectivity index (χ3v) is 8.72. The number of para-hydroxylation sites is 1. The molecule has 49 heavy (non-hydrogen) atoms. The minimum Gasteiger partial charge on any atom is -0.493 e. The van der Waals surface area contributed by atoms with Crippen LogP contribution in [0.4, 0.5) is 0 Å². The maximum atomic E-state index is 14.4. The summed E-state index contributed by atoms with van der Waals surface area (Å²) in [6.07, 6.45) is 3.70. The number of ether oxygens (including phenoxy) is 4. The van der Waals surface area contributed by atoms with Gasteiger partial charge in [0, 0.05) is 24.2 Å². The zero-order chi connectivity index (χ0) is 34.8. The van der Waals surface area contributed by atoms with Crippen molar-refractivity contribution in [1.29, 1.82) is 0 Å². The Hall–Kier alpha value is -5.75. The van der Waals surface area contributed by atoms with Gasteiger partial charge in [-0.1, -0.05) is 35.6 Å². The smallest absolute Gasteiger partial charge is 0.338 e. The van der Waals surface area contributed by atoms with Gasteiger partial charge in [-0.2, -0.15) is 5.10 Å². The number of allylic oxidation sites excluding steroid dienone is 1. The first kappa shape index (κ1) is 33.2. The van der Waals surface area contributed by atoms with Gasteiger partial charge in [0.1, 0.15) is 11.4 Å². The summed E-state index contributed by atoms with van der Waals surface area (Å²) in [7, 11) is 2.72. The number of hydrogen-bond donors (Lipinski definition) is 0. The normalized spacial score (nSPS) is 14.3. The first-order chi connectivity index (χ1) is 23.6. The van der Waals surface area contributed by atoms with Crippen LogP contribution in [0.5, 0.6) is 17.2 Å². The fourth-order valence-corrected chi connectivity index (χ4v) is 6.67. The highest BCUT2D eigenvalue weighted by molar-refractivity contribution is 7.07. The number of benzene rings is 3. The van der Waals surface area contributed by atoms with Gasteiger partial charge >= 0.3 is 11.9 Å². The zero-order valence-electron chi connectivity index (χ0n) is 27.8. The topological polar surface area (TPSA) is 123 Å². The van der Waals surface area contributed by atoms with Crippen molar-refractivity contribution in [1.82, 2.24) is 14.3 Å². The van der Waals surface area contributed by atoms with Crippen LogP contribution in [0.2, 0.25) is 0 Å². The molecule has 0 amide bonds. The van der Waals surface area contributed by atoms with E-state index in [0.29, 0.717) is 31.9 Å². The van der Waals surface area contributed by atoms with E-state index in [1.165, 1.54) is 37.0 Å². The number of fused-ring (bicyclic) bond motifs is 1. The molecule has 12 heteroatoms. The second kappa shape index (κ2) is 13.8. The van der Waals surface area contributed by atoms with Crippen LogP contribution < -0.4 is 29.1 Å². The molecule has 0 radical (unpaired) electrons. The Balaban J connectivity index is 1.53. The van der Waals surface area contributed by atoms with E-state index in [0.717, 1.165) is 17.0 Å².